The number of aryl methyl sites for hydroxylation is 1. The molecule has 2 N–H and O–H groups in total. The van der Waals surface area contributed by atoms with Crippen LogP contribution in [0.1, 0.15) is 11.1 Å². The number of phenols is 1. The van der Waals surface area contributed by atoms with Gasteiger partial charge in [0.05, 0.1) is 23.9 Å². The SMILES string of the molecule is COc1cc(/C=N\NC(=O)CN(c2cccc(Br)c2)S(=O)(=O)c2ccc(C)cc2)ccc1O. The number of anilines is 1. The molecule has 0 spiro atoms. The lowest BCUT2D eigenvalue weighted by Crippen LogP contribution is -2.39. The van der Waals surface area contributed by atoms with Crippen LogP contribution in [0.2, 0.25) is 0 Å². The summed E-state index contributed by atoms with van der Waals surface area (Å²) in [6.45, 7) is 1.38. The Bertz CT molecular complexity index is 1280. The Kier molecular flexibility index (Phi) is 7.72. The summed E-state index contributed by atoms with van der Waals surface area (Å²) in [5, 5.41) is 13.5. The number of sulfonamides is 1. The molecule has 8 nitrogen and oxygen atoms in total. The number of rotatable bonds is 8. The average Bonchev–Trinajstić information content (AvgIpc) is 2.78. The first-order valence-electron chi connectivity index (χ1n) is 9.74. The van der Waals surface area contributed by atoms with Crippen LogP contribution in [0, 0.1) is 6.92 Å². The Morgan fingerprint density at radius 3 is 2.55 bits per heavy atom. The van der Waals surface area contributed by atoms with E-state index in [4.69, 9.17) is 4.74 Å². The van der Waals surface area contributed by atoms with E-state index < -0.39 is 22.5 Å². The number of hydrogen-bond donors (Lipinski definition) is 2. The highest BCUT2D eigenvalue weighted by Crippen LogP contribution is 2.27. The summed E-state index contributed by atoms with van der Waals surface area (Å²) in [5.41, 5.74) is 4.15. The first-order chi connectivity index (χ1) is 15.7. The quantitative estimate of drug-likeness (QED) is 0.339. The Labute approximate surface area is 200 Å². The van der Waals surface area contributed by atoms with Crippen LogP contribution in [0.4, 0.5) is 5.69 Å². The maximum atomic E-state index is 13.3. The number of phenolic OH excluding ortho intramolecular Hbond substituents is 1. The van der Waals surface area contributed by atoms with Gasteiger partial charge in [-0.1, -0.05) is 39.7 Å². The number of hydrazone groups is 1. The zero-order chi connectivity index (χ0) is 24.0. The Morgan fingerprint density at radius 2 is 1.88 bits per heavy atom. The predicted octanol–water partition coefficient (Wildman–Crippen LogP) is 3.82. The maximum Gasteiger partial charge on any atom is 0.264 e. The standard InChI is InChI=1S/C23H22BrN3O5S/c1-16-6-9-20(10-7-16)33(30,31)27(19-5-3-4-18(24)13-19)15-23(29)26-25-14-17-8-11-21(28)22(12-17)32-2/h3-14,28H,15H2,1-2H3,(H,26,29)/b25-14-. The Morgan fingerprint density at radius 1 is 1.15 bits per heavy atom. The first kappa shape index (κ1) is 24.3. The first-order valence-corrected chi connectivity index (χ1v) is 12.0. The molecule has 3 aromatic carbocycles. The van der Waals surface area contributed by atoms with Gasteiger partial charge in [-0.15, -0.1) is 0 Å². The summed E-state index contributed by atoms with van der Waals surface area (Å²) in [6.07, 6.45) is 1.36. The van der Waals surface area contributed by atoms with Gasteiger partial charge in [0.25, 0.3) is 15.9 Å². The van der Waals surface area contributed by atoms with Crippen molar-refractivity contribution < 1.29 is 23.1 Å². The fraction of sp³-hybridized carbons (Fsp3) is 0.130. The molecule has 0 saturated carbocycles. The molecule has 0 radical (unpaired) electrons. The molecule has 0 bridgehead atoms. The fourth-order valence-corrected chi connectivity index (χ4v) is 4.70. The van der Waals surface area contributed by atoms with E-state index in [0.29, 0.717) is 15.7 Å². The van der Waals surface area contributed by atoms with Crippen LogP contribution < -0.4 is 14.5 Å². The molecule has 172 valence electrons. The van der Waals surface area contributed by atoms with Gasteiger partial charge in [0.2, 0.25) is 0 Å². The minimum atomic E-state index is -4.02. The van der Waals surface area contributed by atoms with E-state index in [1.54, 1.807) is 48.5 Å². The van der Waals surface area contributed by atoms with Crippen molar-refractivity contribution in [2.45, 2.75) is 11.8 Å². The van der Waals surface area contributed by atoms with Gasteiger partial charge in [-0.2, -0.15) is 5.10 Å². The van der Waals surface area contributed by atoms with E-state index in [1.807, 2.05) is 6.92 Å². The topological polar surface area (TPSA) is 108 Å². The number of nitrogens with zero attached hydrogens (tertiary/aromatic N) is 2. The van der Waals surface area contributed by atoms with Gasteiger partial charge in [-0.25, -0.2) is 13.8 Å². The molecule has 0 aliphatic carbocycles. The third-order valence-electron chi connectivity index (χ3n) is 4.60. The molecule has 3 aromatic rings. The van der Waals surface area contributed by atoms with Crippen molar-refractivity contribution in [3.63, 3.8) is 0 Å². The van der Waals surface area contributed by atoms with E-state index in [0.717, 1.165) is 9.87 Å². The van der Waals surface area contributed by atoms with Crippen molar-refractivity contribution in [2.24, 2.45) is 5.10 Å². The van der Waals surface area contributed by atoms with Gasteiger partial charge in [-0.3, -0.25) is 9.10 Å². The van der Waals surface area contributed by atoms with Gasteiger partial charge in [0, 0.05) is 4.47 Å². The van der Waals surface area contributed by atoms with E-state index in [-0.39, 0.29) is 16.4 Å². The summed E-state index contributed by atoms with van der Waals surface area (Å²) in [7, 11) is -2.60. The zero-order valence-electron chi connectivity index (χ0n) is 17.9. The maximum absolute atomic E-state index is 13.3. The van der Waals surface area contributed by atoms with Crippen molar-refractivity contribution in [3.05, 3.63) is 82.3 Å². The van der Waals surface area contributed by atoms with Crippen molar-refractivity contribution in [1.82, 2.24) is 5.43 Å². The van der Waals surface area contributed by atoms with Crippen LogP contribution in [-0.2, 0) is 14.8 Å². The highest BCUT2D eigenvalue weighted by molar-refractivity contribution is 9.10. The van der Waals surface area contributed by atoms with Gasteiger partial charge >= 0.3 is 0 Å². The number of hydrogen-bond acceptors (Lipinski definition) is 6. The van der Waals surface area contributed by atoms with Crippen LogP contribution >= 0.6 is 15.9 Å². The second kappa shape index (κ2) is 10.5. The van der Waals surface area contributed by atoms with E-state index in [2.05, 4.69) is 26.5 Å². The molecule has 0 saturated heterocycles. The minimum absolute atomic E-state index is 0.0235. The third kappa shape index (κ3) is 6.11. The molecule has 0 aromatic heterocycles. The van der Waals surface area contributed by atoms with E-state index >= 15 is 0 Å². The molecule has 0 unspecified atom stereocenters. The molecule has 0 aliphatic heterocycles. The number of carbonyl (C=O) groups is 1. The van der Waals surface area contributed by atoms with Gasteiger partial charge in [0.15, 0.2) is 11.5 Å². The number of aromatic hydroxyl groups is 1. The predicted molar refractivity (Wildman–Crippen MR) is 130 cm³/mol. The Hall–Kier alpha value is -3.37. The molecule has 0 atom stereocenters. The lowest BCUT2D eigenvalue weighted by Gasteiger charge is -2.24. The number of amides is 1. The van der Waals surface area contributed by atoms with Crippen molar-refractivity contribution in [1.29, 1.82) is 0 Å². The van der Waals surface area contributed by atoms with Crippen molar-refractivity contribution in [3.8, 4) is 11.5 Å². The number of methoxy groups -OCH3 is 1. The average molecular weight is 532 g/mol. The van der Waals surface area contributed by atoms with Crippen molar-refractivity contribution in [2.75, 3.05) is 18.0 Å². The Balaban J connectivity index is 1.83. The summed E-state index contributed by atoms with van der Waals surface area (Å²) in [4.78, 5) is 12.7. The molecule has 0 heterocycles. The summed E-state index contributed by atoms with van der Waals surface area (Å²) in [6, 6.07) is 17.6. The highest BCUT2D eigenvalue weighted by atomic mass is 79.9. The van der Waals surface area contributed by atoms with Crippen LogP contribution in [0.5, 0.6) is 11.5 Å². The number of ether oxygens (including phenoxy) is 1. The van der Waals surface area contributed by atoms with Crippen LogP contribution in [0.15, 0.2) is 81.2 Å². The second-order valence-electron chi connectivity index (χ2n) is 7.03. The second-order valence-corrected chi connectivity index (χ2v) is 9.81. The van der Waals surface area contributed by atoms with Crippen LogP contribution in [-0.4, -0.2) is 39.3 Å². The van der Waals surface area contributed by atoms with Crippen LogP contribution in [0.3, 0.4) is 0 Å². The molecular weight excluding hydrogens is 510 g/mol. The monoisotopic (exact) mass is 531 g/mol. The molecule has 0 aliphatic rings. The molecule has 33 heavy (non-hydrogen) atoms. The lowest BCUT2D eigenvalue weighted by atomic mass is 10.2. The largest absolute Gasteiger partial charge is 0.504 e. The molecule has 3 rings (SSSR count). The van der Waals surface area contributed by atoms with Gasteiger partial charge in [0.1, 0.15) is 6.54 Å². The van der Waals surface area contributed by atoms with Gasteiger partial charge < -0.3 is 9.84 Å². The fourth-order valence-electron chi connectivity index (χ4n) is 2.90. The highest BCUT2D eigenvalue weighted by Gasteiger charge is 2.27. The third-order valence-corrected chi connectivity index (χ3v) is 6.88. The molecule has 1 amide bonds. The van der Waals surface area contributed by atoms with Crippen molar-refractivity contribution >= 4 is 43.8 Å². The minimum Gasteiger partial charge on any atom is -0.504 e. The summed E-state index contributed by atoms with van der Waals surface area (Å²) in [5.74, 6) is -0.396. The normalized spacial score (nSPS) is 11.4. The number of halogens is 1. The zero-order valence-corrected chi connectivity index (χ0v) is 20.3. The smallest absolute Gasteiger partial charge is 0.264 e. The van der Waals surface area contributed by atoms with Crippen LogP contribution in [0.25, 0.3) is 0 Å². The number of benzene rings is 3. The lowest BCUT2D eigenvalue weighted by molar-refractivity contribution is -0.119. The summed E-state index contributed by atoms with van der Waals surface area (Å²) >= 11 is 3.34. The van der Waals surface area contributed by atoms with Gasteiger partial charge in [-0.05, 0) is 61.0 Å². The van der Waals surface area contributed by atoms with E-state index in [9.17, 15) is 18.3 Å². The molecular formula is C23H22BrN3O5S. The number of nitrogens with one attached hydrogen (secondary N) is 1. The van der Waals surface area contributed by atoms with E-state index in [1.165, 1.54) is 31.5 Å². The molecule has 10 heteroatoms. The number of carbonyl (C=O) groups excluding carboxylic acids is 1. The molecule has 0 fully saturated rings. The summed E-state index contributed by atoms with van der Waals surface area (Å²) < 4.78 is 33.4.